The minimum atomic E-state index is -0.722. The molecule has 2 fully saturated rings. The summed E-state index contributed by atoms with van der Waals surface area (Å²) in [6, 6.07) is 3.67. The zero-order chi connectivity index (χ0) is 19.8. The van der Waals surface area contributed by atoms with Gasteiger partial charge in [0.25, 0.3) is 0 Å². The Kier molecular flexibility index (Phi) is 5.94. The average Bonchev–Trinajstić information content (AvgIpc) is 2.79. The normalized spacial score (nSPS) is 22.9. The third kappa shape index (κ3) is 3.53. The molecule has 5 nitrogen and oxygen atoms in total. The van der Waals surface area contributed by atoms with Crippen molar-refractivity contribution in [3.05, 3.63) is 33.8 Å². The zero-order valence-electron chi connectivity index (χ0n) is 16.7. The fourth-order valence-electron chi connectivity index (χ4n) is 4.49. The lowest BCUT2D eigenvalue weighted by molar-refractivity contribution is -0.185. The van der Waals surface area contributed by atoms with E-state index >= 15 is 0 Å². The third-order valence-electron chi connectivity index (χ3n) is 6.11. The lowest BCUT2D eigenvalue weighted by atomic mass is 9.79. The highest BCUT2D eigenvalue weighted by atomic mass is 35.5. The summed E-state index contributed by atoms with van der Waals surface area (Å²) in [5, 5.41) is 2.57. The summed E-state index contributed by atoms with van der Waals surface area (Å²) >= 11 is 6.14. The van der Waals surface area contributed by atoms with E-state index in [4.69, 9.17) is 16.4 Å². The molecule has 0 radical (unpaired) electrons. The number of benzene rings is 1. The monoisotopic (exact) mass is 392 g/mol. The summed E-state index contributed by atoms with van der Waals surface area (Å²) in [5.74, 6) is -0.801. The van der Waals surface area contributed by atoms with E-state index in [0.29, 0.717) is 37.6 Å². The molecule has 27 heavy (non-hydrogen) atoms. The number of piperidine rings is 1. The number of ketones is 1. The maximum Gasteiger partial charge on any atom is 0.238 e. The average molecular weight is 393 g/mol. The number of aryl methyl sites for hydroxylation is 2. The summed E-state index contributed by atoms with van der Waals surface area (Å²) in [7, 11) is 1.77. The predicted molar refractivity (Wildman–Crippen MR) is 106 cm³/mol. The third-order valence-corrected chi connectivity index (χ3v) is 6.33. The maximum absolute atomic E-state index is 13.5. The number of likely N-dealkylation sites (N-methyl/N-ethyl adjacent to an activating group) is 1. The van der Waals surface area contributed by atoms with E-state index in [9.17, 15) is 9.59 Å². The van der Waals surface area contributed by atoms with Crippen LogP contribution in [0.2, 0.25) is 5.02 Å². The smallest absolute Gasteiger partial charge is 0.238 e. The second kappa shape index (κ2) is 7.90. The van der Waals surface area contributed by atoms with E-state index in [1.54, 1.807) is 11.9 Å². The lowest BCUT2D eigenvalue weighted by Crippen LogP contribution is -2.55. The molecule has 0 saturated carbocycles. The molecule has 0 aliphatic carbocycles. The summed E-state index contributed by atoms with van der Waals surface area (Å²) in [4.78, 5) is 34.1. The summed E-state index contributed by atoms with van der Waals surface area (Å²) in [6.07, 6.45) is 3.34. The van der Waals surface area contributed by atoms with Crippen LogP contribution in [0.5, 0.6) is 0 Å². The second-order valence-electron chi connectivity index (χ2n) is 7.80. The first-order valence-electron chi connectivity index (χ1n) is 9.78. The van der Waals surface area contributed by atoms with Crippen LogP contribution in [0.3, 0.4) is 0 Å². The number of halogens is 1. The van der Waals surface area contributed by atoms with E-state index in [2.05, 4.69) is 6.92 Å². The van der Waals surface area contributed by atoms with Crippen molar-refractivity contribution in [3.8, 4) is 0 Å². The van der Waals surface area contributed by atoms with Crippen LogP contribution in [0.1, 0.15) is 55.2 Å². The Morgan fingerprint density at radius 3 is 2.33 bits per heavy atom. The van der Waals surface area contributed by atoms with Gasteiger partial charge in [0.05, 0.1) is 6.61 Å². The Labute approximate surface area is 166 Å². The molecular weight excluding hydrogens is 364 g/mol. The number of amides is 1. The van der Waals surface area contributed by atoms with Gasteiger partial charge in [-0.1, -0.05) is 24.9 Å². The van der Waals surface area contributed by atoms with Gasteiger partial charge in [-0.25, -0.2) is 0 Å². The molecule has 0 aromatic heterocycles. The Bertz CT molecular complexity index is 718. The van der Waals surface area contributed by atoms with Gasteiger partial charge < -0.3 is 4.90 Å². The first-order valence-corrected chi connectivity index (χ1v) is 10.2. The van der Waals surface area contributed by atoms with E-state index in [1.165, 1.54) is 0 Å². The molecule has 3 rings (SSSR count). The number of carbonyl (C=O) groups is 2. The quantitative estimate of drug-likeness (QED) is 0.567. The molecular formula is C21H29ClN2O3. The molecule has 1 aromatic rings. The molecule has 0 N–H and O–H groups in total. The van der Waals surface area contributed by atoms with Crippen LogP contribution in [0.4, 0.5) is 0 Å². The van der Waals surface area contributed by atoms with Crippen LogP contribution in [0.15, 0.2) is 12.1 Å². The molecule has 0 bridgehead atoms. The molecule has 148 valence electrons. The van der Waals surface area contributed by atoms with E-state index in [0.717, 1.165) is 29.5 Å². The van der Waals surface area contributed by atoms with Gasteiger partial charge in [0.15, 0.2) is 5.78 Å². The number of unbranched alkanes of at least 4 members (excludes halogenated alkanes) is 1. The first kappa shape index (κ1) is 20.3. The molecule has 1 amide bonds. The molecule has 1 aromatic carbocycles. The number of carbonyl (C=O) groups excluding carboxylic acids is 2. The minimum absolute atomic E-state index is 0.0248. The van der Waals surface area contributed by atoms with E-state index in [1.807, 2.05) is 31.0 Å². The van der Waals surface area contributed by atoms with Gasteiger partial charge in [-0.3, -0.25) is 14.4 Å². The van der Waals surface area contributed by atoms with Gasteiger partial charge in [0.1, 0.15) is 11.5 Å². The number of rotatable bonds is 5. The zero-order valence-corrected chi connectivity index (χ0v) is 17.4. The van der Waals surface area contributed by atoms with Gasteiger partial charge in [0.2, 0.25) is 5.91 Å². The SMILES string of the molecule is CCCCON1CCC2(CC1)C(=O)C(c1c(C)cc(Cl)cc1C)C(=O)N2C. The van der Waals surface area contributed by atoms with Crippen LogP contribution >= 0.6 is 11.6 Å². The Balaban J connectivity index is 1.83. The predicted octanol–water partition coefficient (Wildman–Crippen LogP) is 3.65. The standard InChI is InChI=1S/C21H29ClN2O3/c1-5-6-11-27-24-9-7-21(8-10-24)19(25)18(20(26)23(21)4)17-14(2)12-16(22)13-15(17)3/h12-13,18H,5-11H2,1-4H3. The number of hydrogen-bond acceptors (Lipinski definition) is 4. The number of hydroxylamine groups is 2. The highest BCUT2D eigenvalue weighted by molar-refractivity contribution is 6.30. The number of likely N-dealkylation sites (tertiary alicyclic amines) is 1. The topological polar surface area (TPSA) is 49.9 Å². The Hall–Kier alpha value is -1.43. The van der Waals surface area contributed by atoms with Crippen molar-refractivity contribution in [2.45, 2.75) is 57.9 Å². The molecule has 1 unspecified atom stereocenters. The second-order valence-corrected chi connectivity index (χ2v) is 8.23. The molecule has 2 aliphatic rings. The van der Waals surface area contributed by atoms with Crippen molar-refractivity contribution in [2.75, 3.05) is 26.7 Å². The van der Waals surface area contributed by atoms with E-state index in [-0.39, 0.29) is 11.7 Å². The van der Waals surface area contributed by atoms with Crippen LogP contribution in [0, 0.1) is 13.8 Å². The highest BCUT2D eigenvalue weighted by Gasteiger charge is 2.58. The summed E-state index contributed by atoms with van der Waals surface area (Å²) in [5.41, 5.74) is 1.90. The minimum Gasteiger partial charge on any atom is -0.332 e. The maximum atomic E-state index is 13.5. The van der Waals surface area contributed by atoms with Crippen molar-refractivity contribution in [1.29, 1.82) is 0 Å². The van der Waals surface area contributed by atoms with Crippen molar-refractivity contribution in [2.24, 2.45) is 0 Å². The van der Waals surface area contributed by atoms with Crippen molar-refractivity contribution >= 4 is 23.3 Å². The molecule has 2 aliphatic heterocycles. The van der Waals surface area contributed by atoms with Crippen molar-refractivity contribution in [1.82, 2.24) is 9.96 Å². The molecule has 1 atom stereocenters. The number of nitrogens with zero attached hydrogens (tertiary/aromatic N) is 2. The van der Waals surface area contributed by atoms with Crippen LogP contribution in [0.25, 0.3) is 0 Å². The number of Topliss-reactive ketones (excluding diaryl/α,β-unsaturated/α-hetero) is 1. The van der Waals surface area contributed by atoms with Gasteiger partial charge in [-0.15, -0.1) is 0 Å². The molecule has 6 heteroatoms. The Morgan fingerprint density at radius 2 is 1.78 bits per heavy atom. The van der Waals surface area contributed by atoms with Crippen LogP contribution in [-0.2, 0) is 14.4 Å². The lowest BCUT2D eigenvalue weighted by Gasteiger charge is -2.41. The highest BCUT2D eigenvalue weighted by Crippen LogP contribution is 2.44. The van der Waals surface area contributed by atoms with Crippen molar-refractivity contribution < 1.29 is 14.4 Å². The fourth-order valence-corrected chi connectivity index (χ4v) is 4.81. The fraction of sp³-hybridized carbons (Fsp3) is 0.619. The first-order chi connectivity index (χ1) is 12.8. The van der Waals surface area contributed by atoms with Gasteiger partial charge in [-0.2, -0.15) is 5.06 Å². The Morgan fingerprint density at radius 1 is 1.19 bits per heavy atom. The summed E-state index contributed by atoms with van der Waals surface area (Å²) in [6.45, 7) is 8.01. The molecule has 2 saturated heterocycles. The van der Waals surface area contributed by atoms with Crippen LogP contribution < -0.4 is 0 Å². The molecule has 1 spiro atoms. The summed E-state index contributed by atoms with van der Waals surface area (Å²) < 4.78 is 0. The largest absolute Gasteiger partial charge is 0.332 e. The molecule has 2 heterocycles. The van der Waals surface area contributed by atoms with Gasteiger partial charge in [0, 0.05) is 25.2 Å². The van der Waals surface area contributed by atoms with Gasteiger partial charge >= 0.3 is 0 Å². The number of hydrogen-bond donors (Lipinski definition) is 0. The van der Waals surface area contributed by atoms with E-state index < -0.39 is 11.5 Å². The van der Waals surface area contributed by atoms with Gasteiger partial charge in [-0.05, 0) is 61.9 Å². The van der Waals surface area contributed by atoms with Crippen LogP contribution in [-0.4, -0.2) is 53.9 Å². The van der Waals surface area contributed by atoms with Crippen molar-refractivity contribution in [3.63, 3.8) is 0 Å².